The highest BCUT2D eigenvalue weighted by atomic mass is 16.1. The third-order valence-corrected chi connectivity index (χ3v) is 4.21. The van der Waals surface area contributed by atoms with Crippen LogP contribution in [0.4, 0.5) is 0 Å². The number of nitrogens with zero attached hydrogens (tertiary/aromatic N) is 2. The van der Waals surface area contributed by atoms with E-state index in [2.05, 4.69) is 34.2 Å². The summed E-state index contributed by atoms with van der Waals surface area (Å²) in [5.41, 5.74) is 2.04. The molecule has 1 fully saturated rings. The SMILES string of the molecule is C[C@@H]1CCCN(Cc2ccc(C(=O)NCCN(C)C)cc2)C1. The van der Waals surface area contributed by atoms with Crippen molar-refractivity contribution in [2.75, 3.05) is 40.3 Å². The number of piperidine rings is 1. The first-order valence-corrected chi connectivity index (χ1v) is 8.29. The highest BCUT2D eigenvalue weighted by Crippen LogP contribution is 2.18. The van der Waals surface area contributed by atoms with Crippen LogP contribution in [-0.4, -0.2) is 56.0 Å². The molecule has 1 N–H and O–H groups in total. The summed E-state index contributed by atoms with van der Waals surface area (Å²) in [6, 6.07) is 8.04. The van der Waals surface area contributed by atoms with Gasteiger partial charge in [-0.3, -0.25) is 9.69 Å². The summed E-state index contributed by atoms with van der Waals surface area (Å²) in [7, 11) is 4.00. The van der Waals surface area contributed by atoms with Gasteiger partial charge in [-0.05, 0) is 57.1 Å². The van der Waals surface area contributed by atoms with Crippen molar-refractivity contribution in [3.05, 3.63) is 35.4 Å². The number of carbonyl (C=O) groups excluding carboxylic acids is 1. The third-order valence-electron chi connectivity index (χ3n) is 4.21. The van der Waals surface area contributed by atoms with Crippen LogP contribution in [0.3, 0.4) is 0 Å². The van der Waals surface area contributed by atoms with Crippen molar-refractivity contribution in [1.82, 2.24) is 15.1 Å². The second-order valence-electron chi connectivity index (χ2n) is 6.74. The Morgan fingerprint density at radius 3 is 2.68 bits per heavy atom. The van der Waals surface area contributed by atoms with Crippen molar-refractivity contribution >= 4 is 5.91 Å². The lowest BCUT2D eigenvalue weighted by atomic mass is 9.99. The lowest BCUT2D eigenvalue weighted by Crippen LogP contribution is -2.33. The lowest BCUT2D eigenvalue weighted by molar-refractivity contribution is 0.0951. The molecule has 1 atom stereocenters. The monoisotopic (exact) mass is 303 g/mol. The predicted octanol–water partition coefficient (Wildman–Crippen LogP) is 2.21. The highest BCUT2D eigenvalue weighted by molar-refractivity contribution is 5.94. The van der Waals surface area contributed by atoms with Gasteiger partial charge in [0.15, 0.2) is 0 Å². The minimum absolute atomic E-state index is 0.0139. The predicted molar refractivity (Wildman–Crippen MR) is 91.0 cm³/mol. The highest BCUT2D eigenvalue weighted by Gasteiger charge is 2.16. The van der Waals surface area contributed by atoms with Gasteiger partial charge in [0.1, 0.15) is 0 Å². The van der Waals surface area contributed by atoms with E-state index in [-0.39, 0.29) is 5.91 Å². The molecule has 1 aromatic rings. The summed E-state index contributed by atoms with van der Waals surface area (Å²) in [5, 5.41) is 2.95. The Bertz CT molecular complexity index is 470. The molecule has 0 bridgehead atoms. The Morgan fingerprint density at radius 2 is 2.05 bits per heavy atom. The molecule has 22 heavy (non-hydrogen) atoms. The quantitative estimate of drug-likeness (QED) is 0.875. The molecule has 0 spiro atoms. The Morgan fingerprint density at radius 1 is 1.32 bits per heavy atom. The van der Waals surface area contributed by atoms with Gasteiger partial charge in [-0.25, -0.2) is 0 Å². The van der Waals surface area contributed by atoms with Crippen molar-refractivity contribution in [3.8, 4) is 0 Å². The van der Waals surface area contributed by atoms with Crippen molar-refractivity contribution in [2.45, 2.75) is 26.3 Å². The average Bonchev–Trinajstić information content (AvgIpc) is 2.47. The molecule has 4 nitrogen and oxygen atoms in total. The van der Waals surface area contributed by atoms with Crippen molar-refractivity contribution in [2.24, 2.45) is 5.92 Å². The van der Waals surface area contributed by atoms with Crippen molar-refractivity contribution < 1.29 is 4.79 Å². The summed E-state index contributed by atoms with van der Waals surface area (Å²) < 4.78 is 0. The third kappa shape index (κ3) is 5.43. The molecule has 2 rings (SSSR count). The van der Waals surface area contributed by atoms with Gasteiger partial charge >= 0.3 is 0 Å². The first-order valence-electron chi connectivity index (χ1n) is 8.29. The van der Waals surface area contributed by atoms with Gasteiger partial charge in [0.05, 0.1) is 0 Å². The van der Waals surface area contributed by atoms with E-state index in [1.165, 1.54) is 31.5 Å². The Balaban J connectivity index is 1.83. The van der Waals surface area contributed by atoms with Gasteiger partial charge in [-0.15, -0.1) is 0 Å². The molecule has 0 aromatic heterocycles. The molecule has 1 aliphatic heterocycles. The molecule has 1 heterocycles. The lowest BCUT2D eigenvalue weighted by Gasteiger charge is -2.30. The number of benzene rings is 1. The molecule has 4 heteroatoms. The van der Waals surface area contributed by atoms with Crippen LogP contribution in [0.25, 0.3) is 0 Å². The zero-order chi connectivity index (χ0) is 15.9. The molecule has 1 aliphatic rings. The van der Waals surface area contributed by atoms with E-state index in [0.29, 0.717) is 6.54 Å². The number of amides is 1. The van der Waals surface area contributed by atoms with Gasteiger partial charge in [-0.2, -0.15) is 0 Å². The van der Waals surface area contributed by atoms with E-state index in [9.17, 15) is 4.79 Å². The maximum absolute atomic E-state index is 12.0. The molecule has 0 saturated carbocycles. The molecular weight excluding hydrogens is 274 g/mol. The fraction of sp³-hybridized carbons (Fsp3) is 0.611. The number of carbonyl (C=O) groups is 1. The number of hydrogen-bond acceptors (Lipinski definition) is 3. The van der Waals surface area contributed by atoms with Gasteiger partial charge in [-0.1, -0.05) is 19.1 Å². The normalized spacial score (nSPS) is 19.4. The molecule has 0 aliphatic carbocycles. The molecular formula is C18H29N3O. The standard InChI is InChI=1S/C18H29N3O/c1-15-5-4-11-21(13-15)14-16-6-8-17(9-7-16)18(22)19-10-12-20(2)3/h6-9,15H,4-5,10-14H2,1-3H3,(H,19,22)/t15-/m1/s1. The van der Waals surface area contributed by atoms with Crippen LogP contribution in [0.2, 0.25) is 0 Å². The van der Waals surface area contributed by atoms with Crippen LogP contribution in [-0.2, 0) is 6.54 Å². The van der Waals surface area contributed by atoms with E-state index in [1.54, 1.807) is 0 Å². The van der Waals surface area contributed by atoms with Gasteiger partial charge < -0.3 is 10.2 Å². The molecule has 122 valence electrons. The maximum Gasteiger partial charge on any atom is 0.251 e. The summed E-state index contributed by atoms with van der Waals surface area (Å²) in [6.07, 6.45) is 2.65. The fourth-order valence-corrected chi connectivity index (χ4v) is 2.95. The summed E-state index contributed by atoms with van der Waals surface area (Å²) >= 11 is 0. The molecule has 1 aromatic carbocycles. The second kappa shape index (κ2) is 8.30. The molecule has 0 radical (unpaired) electrons. The van der Waals surface area contributed by atoms with Gasteiger partial charge in [0.2, 0.25) is 0 Å². The number of likely N-dealkylation sites (tertiary alicyclic amines) is 1. The molecule has 1 amide bonds. The molecule has 1 saturated heterocycles. The maximum atomic E-state index is 12.0. The number of rotatable bonds is 6. The smallest absolute Gasteiger partial charge is 0.251 e. The van der Waals surface area contributed by atoms with Gasteiger partial charge in [0, 0.05) is 31.7 Å². The topological polar surface area (TPSA) is 35.6 Å². The zero-order valence-corrected chi connectivity index (χ0v) is 14.1. The number of hydrogen-bond donors (Lipinski definition) is 1. The summed E-state index contributed by atoms with van der Waals surface area (Å²) in [6.45, 7) is 7.24. The average molecular weight is 303 g/mol. The van der Waals surface area contributed by atoms with Crippen LogP contribution < -0.4 is 5.32 Å². The Kier molecular flexibility index (Phi) is 6.40. The van der Waals surface area contributed by atoms with Crippen molar-refractivity contribution in [3.63, 3.8) is 0 Å². The Labute approximate surface area is 134 Å². The summed E-state index contributed by atoms with van der Waals surface area (Å²) in [5.74, 6) is 0.815. The fourth-order valence-electron chi connectivity index (χ4n) is 2.95. The van der Waals surface area contributed by atoms with E-state index >= 15 is 0 Å². The number of nitrogens with one attached hydrogen (secondary N) is 1. The van der Waals surface area contributed by atoms with Crippen LogP contribution in [0.15, 0.2) is 24.3 Å². The Hall–Kier alpha value is -1.39. The van der Waals surface area contributed by atoms with Gasteiger partial charge in [0.25, 0.3) is 5.91 Å². The largest absolute Gasteiger partial charge is 0.351 e. The van der Waals surface area contributed by atoms with Crippen LogP contribution in [0, 0.1) is 5.92 Å². The second-order valence-corrected chi connectivity index (χ2v) is 6.74. The first kappa shape index (κ1) is 17.0. The van der Waals surface area contributed by atoms with Crippen molar-refractivity contribution in [1.29, 1.82) is 0 Å². The minimum atomic E-state index is 0.0139. The van der Waals surface area contributed by atoms with E-state index in [0.717, 1.165) is 24.6 Å². The van der Waals surface area contributed by atoms with E-state index < -0.39 is 0 Å². The minimum Gasteiger partial charge on any atom is -0.351 e. The number of likely N-dealkylation sites (N-methyl/N-ethyl adjacent to an activating group) is 1. The summed E-state index contributed by atoms with van der Waals surface area (Å²) in [4.78, 5) is 16.6. The van der Waals surface area contributed by atoms with E-state index in [1.807, 2.05) is 26.2 Å². The zero-order valence-electron chi connectivity index (χ0n) is 14.1. The first-order chi connectivity index (χ1) is 10.5. The van der Waals surface area contributed by atoms with Crippen LogP contribution >= 0.6 is 0 Å². The van der Waals surface area contributed by atoms with E-state index in [4.69, 9.17) is 0 Å². The van der Waals surface area contributed by atoms with Crippen LogP contribution in [0.5, 0.6) is 0 Å². The molecule has 0 unspecified atom stereocenters. The van der Waals surface area contributed by atoms with Crippen LogP contribution in [0.1, 0.15) is 35.7 Å².